The number of para-hydroxylation sites is 1. The van der Waals surface area contributed by atoms with Crippen LogP contribution in [0, 0.1) is 0 Å². The maximum atomic E-state index is 12.3. The number of furan rings is 1. The Bertz CT molecular complexity index is 1000. The minimum absolute atomic E-state index is 0.0471. The molecular weight excluding hydrogens is 344 g/mol. The molecule has 0 aliphatic carbocycles. The fourth-order valence-electron chi connectivity index (χ4n) is 2.84. The topological polar surface area (TPSA) is 98.3 Å². The van der Waals surface area contributed by atoms with Crippen molar-refractivity contribution < 1.29 is 17.6 Å². The highest BCUT2D eigenvalue weighted by Crippen LogP contribution is 2.21. The molecule has 0 saturated carbocycles. The Morgan fingerprint density at radius 1 is 1.20 bits per heavy atom. The van der Waals surface area contributed by atoms with Crippen molar-refractivity contribution in [1.29, 1.82) is 0 Å². The number of fused-ring (bicyclic) bond motifs is 1. The third-order valence-corrected chi connectivity index (χ3v) is 6.34. The highest BCUT2D eigenvalue weighted by Gasteiger charge is 2.40. The van der Waals surface area contributed by atoms with Crippen molar-refractivity contribution in [3.8, 4) is 0 Å². The van der Waals surface area contributed by atoms with E-state index in [0.717, 1.165) is 11.0 Å². The van der Waals surface area contributed by atoms with Gasteiger partial charge in [0.25, 0.3) is 0 Å². The Balaban J connectivity index is 1.38. The molecular formula is C16H16N4O4S. The zero-order valence-electron chi connectivity index (χ0n) is 13.3. The summed E-state index contributed by atoms with van der Waals surface area (Å²) in [6.07, 6.45) is 1.45. The largest absolute Gasteiger partial charge is 0.468 e. The van der Waals surface area contributed by atoms with Crippen LogP contribution in [0.25, 0.3) is 11.0 Å². The predicted molar refractivity (Wildman–Crippen MR) is 89.2 cm³/mol. The average Bonchev–Trinajstić information content (AvgIpc) is 3.15. The van der Waals surface area contributed by atoms with Gasteiger partial charge in [-0.2, -0.15) is 0 Å². The average molecular weight is 360 g/mol. The lowest BCUT2D eigenvalue weighted by atomic mass is 10.2. The molecule has 25 heavy (non-hydrogen) atoms. The van der Waals surface area contributed by atoms with Crippen LogP contribution in [-0.2, 0) is 26.9 Å². The molecule has 8 nitrogen and oxygen atoms in total. The number of likely N-dealkylation sites (tertiary alicyclic amines) is 1. The molecule has 0 atom stereocenters. The molecule has 0 radical (unpaired) electrons. The van der Waals surface area contributed by atoms with Crippen LogP contribution in [0.3, 0.4) is 0 Å². The summed E-state index contributed by atoms with van der Waals surface area (Å²) in [6.45, 7) is 0.453. The summed E-state index contributed by atoms with van der Waals surface area (Å²) in [6, 6.07) is 10.7. The highest BCUT2D eigenvalue weighted by atomic mass is 32.2. The molecule has 2 aromatic heterocycles. The van der Waals surface area contributed by atoms with E-state index in [1.54, 1.807) is 12.1 Å². The standard InChI is InChI=1S/C16H16N4O4S/c21-16(10-20-15-6-2-1-5-14(15)17-18-20)19-8-13(9-19)25(22,23)11-12-4-3-7-24-12/h1-7,13H,8-11H2. The van der Waals surface area contributed by atoms with Gasteiger partial charge in [0, 0.05) is 13.1 Å². The molecule has 4 rings (SSSR count). The molecule has 9 heteroatoms. The molecule has 1 aliphatic heterocycles. The molecule has 0 bridgehead atoms. The Kier molecular flexibility index (Phi) is 3.79. The minimum Gasteiger partial charge on any atom is -0.468 e. The van der Waals surface area contributed by atoms with Gasteiger partial charge in [-0.25, -0.2) is 13.1 Å². The van der Waals surface area contributed by atoms with Crippen molar-refractivity contribution in [1.82, 2.24) is 19.9 Å². The smallest absolute Gasteiger partial charge is 0.244 e. The van der Waals surface area contributed by atoms with E-state index in [9.17, 15) is 13.2 Å². The van der Waals surface area contributed by atoms with Gasteiger partial charge >= 0.3 is 0 Å². The van der Waals surface area contributed by atoms with Crippen LogP contribution in [0.5, 0.6) is 0 Å². The Labute approximate surface area is 143 Å². The van der Waals surface area contributed by atoms with Gasteiger partial charge in [0.1, 0.15) is 23.6 Å². The van der Waals surface area contributed by atoms with Crippen molar-refractivity contribution in [2.24, 2.45) is 0 Å². The third kappa shape index (κ3) is 3.02. The molecule has 0 unspecified atom stereocenters. The minimum atomic E-state index is -3.33. The number of carbonyl (C=O) groups excluding carboxylic acids is 1. The predicted octanol–water partition coefficient (Wildman–Crippen LogP) is 0.850. The van der Waals surface area contributed by atoms with Crippen LogP contribution < -0.4 is 0 Å². The Hall–Kier alpha value is -2.68. The highest BCUT2D eigenvalue weighted by molar-refractivity contribution is 7.91. The Morgan fingerprint density at radius 2 is 2.00 bits per heavy atom. The van der Waals surface area contributed by atoms with Gasteiger partial charge in [0.2, 0.25) is 5.91 Å². The molecule has 1 saturated heterocycles. The van der Waals surface area contributed by atoms with Crippen LogP contribution >= 0.6 is 0 Å². The lowest BCUT2D eigenvalue weighted by molar-refractivity contribution is -0.135. The van der Waals surface area contributed by atoms with Crippen LogP contribution in [-0.4, -0.2) is 52.6 Å². The number of rotatable bonds is 5. The number of benzene rings is 1. The second kappa shape index (κ2) is 5.99. The van der Waals surface area contributed by atoms with Gasteiger partial charge in [-0.05, 0) is 24.3 Å². The fraction of sp³-hybridized carbons (Fsp3) is 0.312. The molecule has 3 aromatic rings. The number of amides is 1. The molecule has 1 aromatic carbocycles. The normalized spacial score (nSPS) is 15.4. The van der Waals surface area contributed by atoms with E-state index < -0.39 is 15.1 Å². The van der Waals surface area contributed by atoms with E-state index >= 15 is 0 Å². The van der Waals surface area contributed by atoms with Crippen LogP contribution in [0.1, 0.15) is 5.76 Å². The zero-order valence-corrected chi connectivity index (χ0v) is 14.1. The van der Waals surface area contributed by atoms with E-state index in [4.69, 9.17) is 4.42 Å². The van der Waals surface area contributed by atoms with E-state index in [0.29, 0.717) is 5.76 Å². The lowest BCUT2D eigenvalue weighted by Gasteiger charge is -2.38. The van der Waals surface area contributed by atoms with Gasteiger partial charge in [-0.1, -0.05) is 17.3 Å². The van der Waals surface area contributed by atoms with Gasteiger partial charge in [-0.15, -0.1) is 5.10 Å². The van der Waals surface area contributed by atoms with Crippen LogP contribution in [0.2, 0.25) is 0 Å². The molecule has 130 valence electrons. The van der Waals surface area contributed by atoms with Crippen molar-refractivity contribution >= 4 is 26.8 Å². The second-order valence-electron chi connectivity index (χ2n) is 6.04. The van der Waals surface area contributed by atoms with Gasteiger partial charge in [0.05, 0.1) is 17.0 Å². The molecule has 3 heterocycles. The summed E-state index contributed by atoms with van der Waals surface area (Å²) in [5.74, 6) is 0.111. The summed E-state index contributed by atoms with van der Waals surface area (Å²) in [5, 5.41) is 7.44. The Morgan fingerprint density at radius 3 is 2.76 bits per heavy atom. The summed E-state index contributed by atoms with van der Waals surface area (Å²) in [7, 11) is -3.33. The van der Waals surface area contributed by atoms with Gasteiger partial charge in [0.15, 0.2) is 9.84 Å². The van der Waals surface area contributed by atoms with Crippen molar-refractivity contribution in [3.63, 3.8) is 0 Å². The fourth-order valence-corrected chi connectivity index (χ4v) is 4.45. The number of carbonyl (C=O) groups is 1. The van der Waals surface area contributed by atoms with Gasteiger partial charge in [-0.3, -0.25) is 4.79 Å². The quantitative estimate of drug-likeness (QED) is 0.669. The molecule has 0 spiro atoms. The number of sulfone groups is 1. The number of nitrogens with zero attached hydrogens (tertiary/aromatic N) is 4. The van der Waals surface area contributed by atoms with E-state index in [2.05, 4.69) is 10.3 Å². The summed E-state index contributed by atoms with van der Waals surface area (Å²) in [4.78, 5) is 13.9. The number of hydrogen-bond donors (Lipinski definition) is 0. The molecule has 1 fully saturated rings. The molecule has 1 aliphatic rings. The summed E-state index contributed by atoms with van der Waals surface area (Å²) < 4.78 is 31.3. The third-order valence-electron chi connectivity index (χ3n) is 4.34. The van der Waals surface area contributed by atoms with Crippen molar-refractivity contribution in [2.75, 3.05) is 13.1 Å². The monoisotopic (exact) mass is 360 g/mol. The molecule has 0 N–H and O–H groups in total. The number of aromatic nitrogens is 3. The first kappa shape index (κ1) is 15.8. The van der Waals surface area contributed by atoms with Gasteiger partial charge < -0.3 is 9.32 Å². The first-order valence-corrected chi connectivity index (χ1v) is 9.54. The number of hydrogen-bond acceptors (Lipinski definition) is 6. The van der Waals surface area contributed by atoms with E-state index in [1.807, 2.05) is 24.3 Å². The maximum Gasteiger partial charge on any atom is 0.244 e. The molecule has 1 amide bonds. The lowest BCUT2D eigenvalue weighted by Crippen LogP contribution is -2.57. The second-order valence-corrected chi connectivity index (χ2v) is 8.32. The van der Waals surface area contributed by atoms with E-state index in [1.165, 1.54) is 15.8 Å². The SMILES string of the molecule is O=C(Cn1nnc2ccccc21)N1CC(S(=O)(=O)Cc2ccco2)C1. The summed E-state index contributed by atoms with van der Waals surface area (Å²) >= 11 is 0. The van der Waals surface area contributed by atoms with E-state index in [-0.39, 0.29) is 31.3 Å². The first-order chi connectivity index (χ1) is 12.0. The van der Waals surface area contributed by atoms with Crippen LogP contribution in [0.4, 0.5) is 0 Å². The summed E-state index contributed by atoms with van der Waals surface area (Å²) in [5.41, 5.74) is 1.50. The van der Waals surface area contributed by atoms with Crippen molar-refractivity contribution in [3.05, 3.63) is 48.4 Å². The van der Waals surface area contributed by atoms with Crippen molar-refractivity contribution in [2.45, 2.75) is 17.5 Å². The van der Waals surface area contributed by atoms with Crippen LogP contribution in [0.15, 0.2) is 47.1 Å². The zero-order chi connectivity index (χ0) is 17.4. The first-order valence-electron chi connectivity index (χ1n) is 7.83. The maximum absolute atomic E-state index is 12.3.